The lowest BCUT2D eigenvalue weighted by Gasteiger charge is -2.13. The summed E-state index contributed by atoms with van der Waals surface area (Å²) in [6, 6.07) is 3.92. The van der Waals surface area contributed by atoms with Gasteiger partial charge in [-0.05, 0) is 24.1 Å². The van der Waals surface area contributed by atoms with E-state index in [-0.39, 0.29) is 17.7 Å². The van der Waals surface area contributed by atoms with Crippen molar-refractivity contribution in [1.29, 1.82) is 0 Å². The van der Waals surface area contributed by atoms with Gasteiger partial charge in [0.25, 0.3) is 0 Å². The minimum Gasteiger partial charge on any atom is -0.481 e. The van der Waals surface area contributed by atoms with Crippen LogP contribution < -0.4 is 4.74 Å². The van der Waals surface area contributed by atoms with Crippen LogP contribution in [0.4, 0.5) is 13.2 Å². The molecular formula is C10H9F3O3. The maximum Gasteiger partial charge on any atom is 0.573 e. The van der Waals surface area contributed by atoms with E-state index in [0.29, 0.717) is 5.56 Å². The number of alkyl halides is 3. The van der Waals surface area contributed by atoms with Crippen LogP contribution in [0.15, 0.2) is 18.2 Å². The van der Waals surface area contributed by atoms with Crippen LogP contribution in [0.1, 0.15) is 11.1 Å². The summed E-state index contributed by atoms with van der Waals surface area (Å²) in [5.74, 6) is -1.47. The fourth-order valence-electron chi connectivity index (χ4n) is 1.25. The molecule has 0 heterocycles. The molecule has 0 aliphatic heterocycles. The molecule has 16 heavy (non-hydrogen) atoms. The molecule has 0 radical (unpaired) electrons. The zero-order valence-corrected chi connectivity index (χ0v) is 8.34. The Morgan fingerprint density at radius 2 is 2.06 bits per heavy atom. The van der Waals surface area contributed by atoms with E-state index in [9.17, 15) is 18.0 Å². The summed E-state index contributed by atoms with van der Waals surface area (Å²) >= 11 is 0. The Morgan fingerprint density at radius 1 is 1.44 bits per heavy atom. The molecule has 0 bridgehead atoms. The molecule has 6 heteroatoms. The molecule has 0 unspecified atom stereocenters. The first kappa shape index (κ1) is 12.4. The molecule has 0 amide bonds. The SMILES string of the molecule is Cc1c(CC(=O)O)cccc1OC(F)(F)F. The number of carbonyl (C=O) groups is 1. The predicted octanol–water partition coefficient (Wildman–Crippen LogP) is 2.52. The van der Waals surface area contributed by atoms with Crippen molar-refractivity contribution in [1.82, 2.24) is 0 Å². The van der Waals surface area contributed by atoms with E-state index in [2.05, 4.69) is 4.74 Å². The van der Waals surface area contributed by atoms with Crippen LogP contribution >= 0.6 is 0 Å². The van der Waals surface area contributed by atoms with Gasteiger partial charge in [0.2, 0.25) is 0 Å². The topological polar surface area (TPSA) is 46.5 Å². The van der Waals surface area contributed by atoms with Crippen molar-refractivity contribution >= 4 is 5.97 Å². The van der Waals surface area contributed by atoms with Crippen LogP contribution in [-0.4, -0.2) is 17.4 Å². The summed E-state index contributed by atoms with van der Waals surface area (Å²) in [5, 5.41) is 8.55. The van der Waals surface area contributed by atoms with Crippen LogP contribution in [0.5, 0.6) is 5.75 Å². The smallest absolute Gasteiger partial charge is 0.481 e. The highest BCUT2D eigenvalue weighted by atomic mass is 19.4. The number of aliphatic carboxylic acids is 1. The summed E-state index contributed by atoms with van der Waals surface area (Å²) in [7, 11) is 0. The van der Waals surface area contributed by atoms with E-state index in [1.54, 1.807) is 0 Å². The second-order valence-electron chi connectivity index (χ2n) is 3.16. The fraction of sp³-hybridized carbons (Fsp3) is 0.300. The maximum absolute atomic E-state index is 12.0. The van der Waals surface area contributed by atoms with Crippen molar-refractivity contribution in [2.24, 2.45) is 0 Å². The molecule has 3 nitrogen and oxygen atoms in total. The van der Waals surface area contributed by atoms with E-state index < -0.39 is 12.3 Å². The van der Waals surface area contributed by atoms with E-state index in [1.807, 2.05) is 0 Å². The van der Waals surface area contributed by atoms with Crippen molar-refractivity contribution < 1.29 is 27.8 Å². The molecule has 0 fully saturated rings. The van der Waals surface area contributed by atoms with Crippen LogP contribution in [0.3, 0.4) is 0 Å². The lowest BCUT2D eigenvalue weighted by atomic mass is 10.1. The molecule has 1 rings (SSSR count). The van der Waals surface area contributed by atoms with Gasteiger partial charge in [-0.15, -0.1) is 13.2 Å². The van der Waals surface area contributed by atoms with Gasteiger partial charge in [0.05, 0.1) is 6.42 Å². The fourth-order valence-corrected chi connectivity index (χ4v) is 1.25. The van der Waals surface area contributed by atoms with Crippen molar-refractivity contribution in [2.45, 2.75) is 19.7 Å². The minimum atomic E-state index is -4.77. The van der Waals surface area contributed by atoms with Gasteiger partial charge in [-0.1, -0.05) is 12.1 Å². The largest absolute Gasteiger partial charge is 0.573 e. The van der Waals surface area contributed by atoms with Crippen molar-refractivity contribution in [3.8, 4) is 5.75 Å². The monoisotopic (exact) mass is 234 g/mol. The molecular weight excluding hydrogens is 225 g/mol. The second kappa shape index (κ2) is 4.42. The number of ether oxygens (including phenoxy) is 1. The van der Waals surface area contributed by atoms with Gasteiger partial charge in [0.15, 0.2) is 0 Å². The zero-order chi connectivity index (χ0) is 12.3. The number of carboxylic acids is 1. The summed E-state index contributed by atoms with van der Waals surface area (Å²) in [4.78, 5) is 10.5. The molecule has 0 aliphatic rings. The van der Waals surface area contributed by atoms with E-state index in [4.69, 9.17) is 5.11 Å². The average molecular weight is 234 g/mol. The Kier molecular flexibility index (Phi) is 3.41. The second-order valence-corrected chi connectivity index (χ2v) is 3.16. The molecule has 0 saturated heterocycles. The Bertz CT molecular complexity index is 399. The average Bonchev–Trinajstić information content (AvgIpc) is 2.09. The van der Waals surface area contributed by atoms with Crippen LogP contribution in [0.2, 0.25) is 0 Å². The summed E-state index contributed by atoms with van der Waals surface area (Å²) < 4.78 is 39.7. The Hall–Kier alpha value is -1.72. The number of halogens is 3. The highest BCUT2D eigenvalue weighted by Gasteiger charge is 2.31. The van der Waals surface area contributed by atoms with Gasteiger partial charge >= 0.3 is 12.3 Å². The Balaban J connectivity index is 2.99. The minimum absolute atomic E-state index is 0.183. The standard InChI is InChI=1S/C10H9F3O3/c1-6-7(5-9(14)15)3-2-4-8(6)16-10(11,12)13/h2-4H,5H2,1H3,(H,14,15). The Labute approximate surface area is 89.5 Å². The number of carboxylic acid groups (broad SMARTS) is 1. The molecule has 0 atom stereocenters. The number of hydrogen-bond acceptors (Lipinski definition) is 2. The van der Waals surface area contributed by atoms with Crippen LogP contribution in [0, 0.1) is 6.92 Å². The van der Waals surface area contributed by atoms with Crippen molar-refractivity contribution in [2.75, 3.05) is 0 Å². The first-order valence-corrected chi connectivity index (χ1v) is 4.35. The third-order valence-electron chi connectivity index (χ3n) is 1.96. The third-order valence-corrected chi connectivity index (χ3v) is 1.96. The molecule has 1 aromatic rings. The zero-order valence-electron chi connectivity index (χ0n) is 8.34. The normalized spacial score (nSPS) is 11.2. The first-order valence-electron chi connectivity index (χ1n) is 4.35. The van der Waals surface area contributed by atoms with Gasteiger partial charge in [-0.25, -0.2) is 0 Å². The molecule has 1 N–H and O–H groups in total. The van der Waals surface area contributed by atoms with Crippen molar-refractivity contribution in [3.05, 3.63) is 29.3 Å². The Morgan fingerprint density at radius 3 is 2.56 bits per heavy atom. The summed E-state index contributed by atoms with van der Waals surface area (Å²) in [6.07, 6.45) is -5.10. The first-order chi connectivity index (χ1) is 7.29. The van der Waals surface area contributed by atoms with Gasteiger partial charge < -0.3 is 9.84 Å². The highest BCUT2D eigenvalue weighted by molar-refractivity contribution is 5.71. The molecule has 88 valence electrons. The molecule has 0 spiro atoms. The van der Waals surface area contributed by atoms with E-state index >= 15 is 0 Å². The van der Waals surface area contributed by atoms with E-state index in [1.165, 1.54) is 19.1 Å². The molecule has 1 aromatic carbocycles. The molecule has 0 aromatic heterocycles. The van der Waals surface area contributed by atoms with Crippen LogP contribution in [0.25, 0.3) is 0 Å². The quantitative estimate of drug-likeness (QED) is 0.874. The third kappa shape index (κ3) is 3.45. The van der Waals surface area contributed by atoms with Gasteiger partial charge in [-0.3, -0.25) is 4.79 Å². The number of benzene rings is 1. The highest BCUT2D eigenvalue weighted by Crippen LogP contribution is 2.28. The number of rotatable bonds is 3. The lowest BCUT2D eigenvalue weighted by molar-refractivity contribution is -0.274. The van der Waals surface area contributed by atoms with Crippen LogP contribution in [-0.2, 0) is 11.2 Å². The lowest BCUT2D eigenvalue weighted by Crippen LogP contribution is -2.18. The maximum atomic E-state index is 12.0. The summed E-state index contributed by atoms with van der Waals surface area (Å²) in [6.45, 7) is 1.39. The summed E-state index contributed by atoms with van der Waals surface area (Å²) in [5.41, 5.74) is 0.483. The van der Waals surface area contributed by atoms with Crippen molar-refractivity contribution in [3.63, 3.8) is 0 Å². The molecule has 0 saturated carbocycles. The van der Waals surface area contributed by atoms with E-state index in [0.717, 1.165) is 6.07 Å². The van der Waals surface area contributed by atoms with Gasteiger partial charge in [-0.2, -0.15) is 0 Å². The van der Waals surface area contributed by atoms with Gasteiger partial charge in [0.1, 0.15) is 5.75 Å². The van der Waals surface area contributed by atoms with Gasteiger partial charge in [0, 0.05) is 0 Å². The predicted molar refractivity (Wildman–Crippen MR) is 49.2 cm³/mol. The number of hydrogen-bond donors (Lipinski definition) is 1. The molecule has 0 aliphatic carbocycles.